The number of nitrogens with zero attached hydrogens (tertiary/aromatic N) is 1. The molecule has 25 heavy (non-hydrogen) atoms. The molecule has 0 saturated heterocycles. The molecule has 0 bridgehead atoms. The van der Waals surface area contributed by atoms with Crippen molar-refractivity contribution in [1.29, 1.82) is 0 Å². The number of anilines is 1. The Bertz CT molecular complexity index is 831. The summed E-state index contributed by atoms with van der Waals surface area (Å²) in [7, 11) is 1.33. The second-order valence-electron chi connectivity index (χ2n) is 5.72. The van der Waals surface area contributed by atoms with Gasteiger partial charge in [0.15, 0.2) is 6.10 Å². The minimum absolute atomic E-state index is 0.245. The zero-order valence-corrected chi connectivity index (χ0v) is 14.0. The van der Waals surface area contributed by atoms with E-state index in [1.165, 1.54) is 7.11 Å². The monoisotopic (exact) mass is 338 g/mol. The average molecular weight is 338 g/mol. The van der Waals surface area contributed by atoms with Crippen LogP contribution < -0.4 is 5.32 Å². The summed E-state index contributed by atoms with van der Waals surface area (Å²) < 4.78 is 4.71. The molecule has 6 heteroatoms. The third kappa shape index (κ3) is 3.68. The molecule has 3 rings (SSSR count). The van der Waals surface area contributed by atoms with Gasteiger partial charge in [-0.1, -0.05) is 35.5 Å². The zero-order chi connectivity index (χ0) is 17.8. The van der Waals surface area contributed by atoms with E-state index in [0.29, 0.717) is 23.4 Å². The smallest absolute Gasteiger partial charge is 0.338 e. The van der Waals surface area contributed by atoms with Gasteiger partial charge in [-0.15, -0.1) is 0 Å². The van der Waals surface area contributed by atoms with Gasteiger partial charge in [0.2, 0.25) is 0 Å². The summed E-state index contributed by atoms with van der Waals surface area (Å²) >= 11 is 0. The van der Waals surface area contributed by atoms with Gasteiger partial charge in [0.1, 0.15) is 5.71 Å². The van der Waals surface area contributed by atoms with Crippen molar-refractivity contribution < 1.29 is 19.2 Å². The Labute approximate surface area is 145 Å². The number of methoxy groups -OCH3 is 1. The maximum atomic E-state index is 12.4. The number of amides is 1. The molecule has 1 aliphatic heterocycles. The number of oxime groups is 1. The quantitative estimate of drug-likeness (QED) is 0.868. The lowest BCUT2D eigenvalue weighted by Crippen LogP contribution is -2.22. The fourth-order valence-corrected chi connectivity index (χ4v) is 2.64. The lowest BCUT2D eigenvalue weighted by molar-refractivity contribution is -0.110. The molecular weight excluding hydrogens is 320 g/mol. The summed E-state index contributed by atoms with van der Waals surface area (Å²) in [5.74, 6) is -0.724. The van der Waals surface area contributed by atoms with Crippen LogP contribution in [0.1, 0.15) is 34.0 Å². The third-order valence-electron chi connectivity index (χ3n) is 3.99. The summed E-state index contributed by atoms with van der Waals surface area (Å²) in [6.07, 6.45) is 0.167. The molecule has 6 nitrogen and oxygen atoms in total. The van der Waals surface area contributed by atoms with Gasteiger partial charge in [-0.3, -0.25) is 4.79 Å². The molecule has 0 fully saturated rings. The Morgan fingerprint density at radius 3 is 2.64 bits per heavy atom. The highest BCUT2D eigenvalue weighted by atomic mass is 16.6. The predicted molar refractivity (Wildman–Crippen MR) is 93.5 cm³/mol. The minimum atomic E-state index is -0.408. The summed E-state index contributed by atoms with van der Waals surface area (Å²) in [5.41, 5.74) is 3.08. The Hall–Kier alpha value is -3.15. The van der Waals surface area contributed by atoms with Crippen LogP contribution >= 0.6 is 0 Å². The molecule has 1 heterocycles. The van der Waals surface area contributed by atoms with E-state index in [0.717, 1.165) is 11.1 Å². The van der Waals surface area contributed by atoms with Crippen molar-refractivity contribution in [2.24, 2.45) is 5.16 Å². The van der Waals surface area contributed by atoms with E-state index in [2.05, 4.69) is 10.5 Å². The molecule has 1 amide bonds. The van der Waals surface area contributed by atoms with E-state index in [4.69, 9.17) is 9.57 Å². The van der Waals surface area contributed by atoms with Gasteiger partial charge in [0, 0.05) is 12.1 Å². The minimum Gasteiger partial charge on any atom is -0.465 e. The van der Waals surface area contributed by atoms with E-state index in [1.807, 2.05) is 30.3 Å². The fourth-order valence-electron chi connectivity index (χ4n) is 2.64. The highest BCUT2D eigenvalue weighted by Gasteiger charge is 2.27. The molecular formula is C19H18N2O4. The standard InChI is InChI=1S/C19H18N2O4/c1-12-10-14(8-9-15(12)19(23)24-2)20-18(22)16-11-17(25-21-16)13-6-4-3-5-7-13/h3-10,17H,11H2,1-2H3,(H,20,22). The van der Waals surface area contributed by atoms with Crippen LogP contribution in [0.15, 0.2) is 53.7 Å². The number of hydrogen-bond acceptors (Lipinski definition) is 5. The summed E-state index contributed by atoms with van der Waals surface area (Å²) in [5, 5.41) is 6.68. The highest BCUT2D eigenvalue weighted by molar-refractivity contribution is 6.43. The van der Waals surface area contributed by atoms with Crippen molar-refractivity contribution in [3.05, 3.63) is 65.2 Å². The maximum Gasteiger partial charge on any atom is 0.338 e. The molecule has 0 spiro atoms. The van der Waals surface area contributed by atoms with E-state index in [-0.39, 0.29) is 12.0 Å². The van der Waals surface area contributed by atoms with Gasteiger partial charge in [0.05, 0.1) is 12.7 Å². The first-order valence-corrected chi connectivity index (χ1v) is 7.86. The number of nitrogens with one attached hydrogen (secondary N) is 1. The lowest BCUT2D eigenvalue weighted by Gasteiger charge is -2.09. The lowest BCUT2D eigenvalue weighted by atomic mass is 10.0. The normalized spacial score (nSPS) is 15.9. The molecule has 1 unspecified atom stereocenters. The molecule has 0 radical (unpaired) electrons. The zero-order valence-electron chi connectivity index (χ0n) is 14.0. The topological polar surface area (TPSA) is 77.0 Å². The van der Waals surface area contributed by atoms with Gasteiger partial charge in [-0.25, -0.2) is 4.79 Å². The number of hydrogen-bond donors (Lipinski definition) is 1. The largest absolute Gasteiger partial charge is 0.465 e. The van der Waals surface area contributed by atoms with E-state index < -0.39 is 5.97 Å². The molecule has 1 atom stereocenters. The van der Waals surface area contributed by atoms with Crippen molar-refractivity contribution in [3.8, 4) is 0 Å². The number of aryl methyl sites for hydroxylation is 1. The Morgan fingerprint density at radius 1 is 1.20 bits per heavy atom. The maximum absolute atomic E-state index is 12.4. The first kappa shape index (κ1) is 16.7. The number of benzene rings is 2. The molecule has 0 saturated carbocycles. The van der Waals surface area contributed by atoms with Crippen molar-refractivity contribution in [2.45, 2.75) is 19.4 Å². The second kappa shape index (κ2) is 7.17. The predicted octanol–water partition coefficient (Wildman–Crippen LogP) is 3.24. The average Bonchev–Trinajstić information content (AvgIpc) is 3.12. The number of carbonyl (C=O) groups is 2. The van der Waals surface area contributed by atoms with Gasteiger partial charge < -0.3 is 14.9 Å². The van der Waals surface area contributed by atoms with Gasteiger partial charge >= 0.3 is 5.97 Å². The summed E-state index contributed by atoms with van der Waals surface area (Å²) in [6, 6.07) is 14.6. The summed E-state index contributed by atoms with van der Waals surface area (Å²) in [4.78, 5) is 29.3. The van der Waals surface area contributed by atoms with Crippen LogP contribution in [-0.2, 0) is 14.4 Å². The molecule has 128 valence electrons. The van der Waals surface area contributed by atoms with Crippen LogP contribution in [0.25, 0.3) is 0 Å². The van der Waals surface area contributed by atoms with Gasteiger partial charge in [0.25, 0.3) is 5.91 Å². The Kier molecular flexibility index (Phi) is 4.79. The van der Waals surface area contributed by atoms with Crippen molar-refractivity contribution >= 4 is 23.3 Å². The number of rotatable bonds is 4. The van der Waals surface area contributed by atoms with Crippen LogP contribution in [0.2, 0.25) is 0 Å². The molecule has 1 N–H and O–H groups in total. The molecule has 1 aliphatic rings. The van der Waals surface area contributed by atoms with Crippen molar-refractivity contribution in [1.82, 2.24) is 0 Å². The molecule has 0 aromatic heterocycles. The van der Waals surface area contributed by atoms with Gasteiger partial charge in [-0.05, 0) is 36.2 Å². The van der Waals surface area contributed by atoms with Gasteiger partial charge in [-0.2, -0.15) is 0 Å². The molecule has 2 aromatic carbocycles. The van der Waals surface area contributed by atoms with Crippen LogP contribution in [0.5, 0.6) is 0 Å². The van der Waals surface area contributed by atoms with Crippen LogP contribution in [-0.4, -0.2) is 24.7 Å². The summed E-state index contributed by atoms with van der Waals surface area (Å²) in [6.45, 7) is 1.78. The Morgan fingerprint density at radius 2 is 1.96 bits per heavy atom. The van der Waals surface area contributed by atoms with Crippen LogP contribution in [0.3, 0.4) is 0 Å². The first-order valence-electron chi connectivity index (χ1n) is 7.86. The first-order chi connectivity index (χ1) is 12.1. The van der Waals surface area contributed by atoms with Crippen molar-refractivity contribution in [2.75, 3.05) is 12.4 Å². The highest BCUT2D eigenvalue weighted by Crippen LogP contribution is 2.27. The van der Waals surface area contributed by atoms with E-state index >= 15 is 0 Å². The van der Waals surface area contributed by atoms with E-state index in [9.17, 15) is 9.59 Å². The van der Waals surface area contributed by atoms with Crippen LogP contribution in [0.4, 0.5) is 5.69 Å². The SMILES string of the molecule is COC(=O)c1ccc(NC(=O)C2=NOC(c3ccccc3)C2)cc1C. The number of carbonyl (C=O) groups excluding carboxylic acids is 2. The Balaban J connectivity index is 1.65. The van der Waals surface area contributed by atoms with Crippen molar-refractivity contribution in [3.63, 3.8) is 0 Å². The van der Waals surface area contributed by atoms with Crippen LogP contribution in [0, 0.1) is 6.92 Å². The number of ether oxygens (including phenoxy) is 1. The second-order valence-corrected chi connectivity index (χ2v) is 5.72. The van der Waals surface area contributed by atoms with E-state index in [1.54, 1.807) is 25.1 Å². The molecule has 2 aromatic rings. The molecule has 0 aliphatic carbocycles. The fraction of sp³-hybridized carbons (Fsp3) is 0.211. The third-order valence-corrected chi connectivity index (χ3v) is 3.99. The number of esters is 1.